The number of rotatable bonds is 1. The van der Waals surface area contributed by atoms with Crippen molar-refractivity contribution in [2.45, 2.75) is 0 Å². The molecule has 0 atom stereocenters. The zero-order valence-electron chi connectivity index (χ0n) is 10.7. The van der Waals surface area contributed by atoms with Crippen molar-refractivity contribution < 1.29 is 0 Å². The highest BCUT2D eigenvalue weighted by Crippen LogP contribution is 2.25. The highest BCUT2D eigenvalue weighted by molar-refractivity contribution is 5.90. The number of fused-ring (bicyclic) bond motifs is 2. The van der Waals surface area contributed by atoms with Gasteiger partial charge in [0.2, 0.25) is 0 Å². The fraction of sp³-hybridized carbons (Fsp3) is 0. The molecule has 0 radical (unpaired) electrons. The van der Waals surface area contributed by atoms with Crippen LogP contribution in [0.15, 0.2) is 61.1 Å². The first-order valence-electron chi connectivity index (χ1n) is 6.40. The van der Waals surface area contributed by atoms with E-state index in [2.05, 4.69) is 26.7 Å². The van der Waals surface area contributed by atoms with Gasteiger partial charge >= 0.3 is 0 Å². The molecule has 0 amide bonds. The summed E-state index contributed by atoms with van der Waals surface area (Å²) < 4.78 is 2.07. The third-order valence-corrected chi connectivity index (χ3v) is 3.45. The molecule has 0 saturated heterocycles. The summed E-state index contributed by atoms with van der Waals surface area (Å²) in [7, 11) is 0. The van der Waals surface area contributed by atoms with Gasteiger partial charge in [0.15, 0.2) is 0 Å². The lowest BCUT2D eigenvalue weighted by atomic mass is 10.1. The van der Waals surface area contributed by atoms with Crippen LogP contribution in [0.4, 0.5) is 5.69 Å². The highest BCUT2D eigenvalue weighted by Gasteiger charge is 2.08. The van der Waals surface area contributed by atoms with Crippen LogP contribution in [0.25, 0.3) is 27.6 Å². The average molecular weight is 260 g/mol. The van der Waals surface area contributed by atoms with E-state index in [0.717, 1.165) is 33.3 Å². The van der Waals surface area contributed by atoms with Gasteiger partial charge in [-0.25, -0.2) is 4.98 Å². The monoisotopic (exact) mass is 260 g/mol. The minimum Gasteiger partial charge on any atom is -0.399 e. The predicted molar refractivity (Wildman–Crippen MR) is 80.8 cm³/mol. The standard InChI is InChI=1S/C16H12N4/c17-11-6-7-16-14(9-11)19-10-20(16)15-5-1-4-13-12(15)3-2-8-18-13/h1-10H,17H2. The number of nitrogen functional groups attached to an aromatic ring is 1. The van der Waals surface area contributed by atoms with Crippen LogP contribution in [0.2, 0.25) is 0 Å². The number of benzene rings is 2. The Morgan fingerprint density at radius 1 is 0.900 bits per heavy atom. The van der Waals surface area contributed by atoms with Crippen molar-refractivity contribution in [3.8, 4) is 5.69 Å². The molecule has 2 aromatic heterocycles. The van der Waals surface area contributed by atoms with Crippen LogP contribution in [0.1, 0.15) is 0 Å². The number of nitrogens with two attached hydrogens (primary N) is 1. The average Bonchev–Trinajstić information content (AvgIpc) is 2.89. The summed E-state index contributed by atoms with van der Waals surface area (Å²) in [4.78, 5) is 8.82. The molecule has 96 valence electrons. The molecule has 4 heteroatoms. The van der Waals surface area contributed by atoms with Gasteiger partial charge in [0.1, 0.15) is 6.33 Å². The Balaban J connectivity index is 2.06. The van der Waals surface area contributed by atoms with Gasteiger partial charge in [-0.3, -0.25) is 9.55 Å². The van der Waals surface area contributed by atoms with Crippen molar-refractivity contribution in [1.29, 1.82) is 0 Å². The first-order chi connectivity index (χ1) is 9.83. The van der Waals surface area contributed by atoms with Crippen LogP contribution in [-0.2, 0) is 0 Å². The van der Waals surface area contributed by atoms with Gasteiger partial charge in [0, 0.05) is 17.3 Å². The molecule has 20 heavy (non-hydrogen) atoms. The van der Waals surface area contributed by atoms with Crippen molar-refractivity contribution in [3.05, 3.63) is 61.1 Å². The molecule has 0 saturated carbocycles. The van der Waals surface area contributed by atoms with Crippen LogP contribution in [0, 0.1) is 0 Å². The normalized spacial score (nSPS) is 11.2. The summed E-state index contributed by atoms with van der Waals surface area (Å²) in [5.41, 5.74) is 10.5. The molecule has 4 nitrogen and oxygen atoms in total. The first-order valence-corrected chi connectivity index (χ1v) is 6.40. The van der Waals surface area contributed by atoms with Crippen LogP contribution >= 0.6 is 0 Å². The molecule has 0 aliphatic heterocycles. The van der Waals surface area contributed by atoms with Gasteiger partial charge in [-0.2, -0.15) is 0 Å². The van der Waals surface area contributed by atoms with E-state index in [1.807, 2.05) is 42.7 Å². The largest absolute Gasteiger partial charge is 0.399 e. The lowest BCUT2D eigenvalue weighted by Crippen LogP contribution is -1.94. The maximum absolute atomic E-state index is 5.80. The number of imidazole rings is 1. The molecule has 4 aromatic rings. The second kappa shape index (κ2) is 4.06. The molecule has 0 unspecified atom stereocenters. The molecule has 0 bridgehead atoms. The van der Waals surface area contributed by atoms with Gasteiger partial charge < -0.3 is 5.73 Å². The number of aromatic nitrogens is 3. The van der Waals surface area contributed by atoms with Crippen molar-refractivity contribution in [2.75, 3.05) is 5.73 Å². The van der Waals surface area contributed by atoms with E-state index in [1.54, 1.807) is 6.20 Å². The number of hydrogen-bond acceptors (Lipinski definition) is 3. The SMILES string of the molecule is Nc1ccc2c(c1)ncn2-c1cccc2ncccc12. The van der Waals surface area contributed by atoms with E-state index in [4.69, 9.17) is 5.73 Å². The Morgan fingerprint density at radius 2 is 1.85 bits per heavy atom. The lowest BCUT2D eigenvalue weighted by molar-refractivity contribution is 1.10. The van der Waals surface area contributed by atoms with Crippen LogP contribution in [-0.4, -0.2) is 14.5 Å². The van der Waals surface area contributed by atoms with Crippen LogP contribution in [0.3, 0.4) is 0 Å². The Labute approximate surface area is 115 Å². The smallest absolute Gasteiger partial charge is 0.100 e. The molecule has 2 N–H and O–H groups in total. The Kier molecular flexibility index (Phi) is 2.23. The summed E-state index contributed by atoms with van der Waals surface area (Å²) in [6, 6.07) is 15.9. The van der Waals surface area contributed by atoms with Gasteiger partial charge in [0.25, 0.3) is 0 Å². The molecule has 4 rings (SSSR count). The topological polar surface area (TPSA) is 56.7 Å². The second-order valence-electron chi connectivity index (χ2n) is 4.71. The Bertz CT molecular complexity index is 919. The molecule has 0 spiro atoms. The van der Waals surface area contributed by atoms with Crippen LogP contribution in [0.5, 0.6) is 0 Å². The van der Waals surface area contributed by atoms with Gasteiger partial charge in [-0.05, 0) is 42.5 Å². The van der Waals surface area contributed by atoms with E-state index in [9.17, 15) is 0 Å². The maximum atomic E-state index is 5.80. The maximum Gasteiger partial charge on any atom is 0.100 e. The summed E-state index contributed by atoms with van der Waals surface area (Å²) in [5, 5.41) is 1.10. The molecule has 2 heterocycles. The fourth-order valence-electron chi connectivity index (χ4n) is 2.52. The van der Waals surface area contributed by atoms with Crippen molar-refractivity contribution in [2.24, 2.45) is 0 Å². The third-order valence-electron chi connectivity index (χ3n) is 3.45. The molecule has 0 aliphatic carbocycles. The zero-order valence-corrected chi connectivity index (χ0v) is 10.7. The quantitative estimate of drug-likeness (QED) is 0.535. The van der Waals surface area contributed by atoms with Crippen molar-refractivity contribution in [1.82, 2.24) is 14.5 Å². The van der Waals surface area contributed by atoms with E-state index < -0.39 is 0 Å². The number of hydrogen-bond donors (Lipinski definition) is 1. The van der Waals surface area contributed by atoms with E-state index in [-0.39, 0.29) is 0 Å². The first kappa shape index (κ1) is 11.0. The number of nitrogens with zero attached hydrogens (tertiary/aromatic N) is 3. The van der Waals surface area contributed by atoms with Crippen molar-refractivity contribution in [3.63, 3.8) is 0 Å². The molecular formula is C16H12N4. The second-order valence-corrected chi connectivity index (χ2v) is 4.71. The predicted octanol–water partition coefficient (Wildman–Crippen LogP) is 3.16. The summed E-state index contributed by atoms with van der Waals surface area (Å²) >= 11 is 0. The van der Waals surface area contributed by atoms with Gasteiger partial charge in [0.05, 0.1) is 22.2 Å². The lowest BCUT2D eigenvalue weighted by Gasteiger charge is -2.08. The van der Waals surface area contributed by atoms with Gasteiger partial charge in [-0.15, -0.1) is 0 Å². The minimum absolute atomic E-state index is 0.724. The number of anilines is 1. The van der Waals surface area contributed by atoms with Gasteiger partial charge in [-0.1, -0.05) is 6.07 Å². The fourth-order valence-corrected chi connectivity index (χ4v) is 2.52. The van der Waals surface area contributed by atoms with E-state index in [0.29, 0.717) is 0 Å². The molecular weight excluding hydrogens is 248 g/mol. The molecule has 0 fully saturated rings. The summed E-state index contributed by atoms with van der Waals surface area (Å²) in [5.74, 6) is 0. The third kappa shape index (κ3) is 1.55. The van der Waals surface area contributed by atoms with E-state index in [1.165, 1.54) is 0 Å². The summed E-state index contributed by atoms with van der Waals surface area (Å²) in [6.07, 6.45) is 3.63. The van der Waals surface area contributed by atoms with E-state index >= 15 is 0 Å². The van der Waals surface area contributed by atoms with Crippen LogP contribution < -0.4 is 5.73 Å². The highest BCUT2D eigenvalue weighted by atomic mass is 15.0. The minimum atomic E-state index is 0.724. The molecule has 2 aromatic carbocycles. The molecule has 0 aliphatic rings. The zero-order chi connectivity index (χ0) is 13.5. The summed E-state index contributed by atoms with van der Waals surface area (Å²) in [6.45, 7) is 0. The Hall–Kier alpha value is -2.88. The number of pyridine rings is 1. The Morgan fingerprint density at radius 3 is 2.80 bits per heavy atom. The van der Waals surface area contributed by atoms with Crippen molar-refractivity contribution >= 4 is 27.6 Å².